The number of unbranched alkanes of at least 4 members (excludes halogenated alkanes) is 1. The molecule has 0 saturated heterocycles. The van der Waals surface area contributed by atoms with E-state index in [-0.39, 0.29) is 18.6 Å². The number of halogens is 1. The molecule has 2 aromatic rings. The van der Waals surface area contributed by atoms with Gasteiger partial charge in [-0.1, -0.05) is 31.9 Å². The highest BCUT2D eigenvalue weighted by molar-refractivity contribution is 5.93. The van der Waals surface area contributed by atoms with Crippen LogP contribution in [0.3, 0.4) is 0 Å². The number of phenolic OH excluding ortho intramolecular Hbond substituents is 1. The summed E-state index contributed by atoms with van der Waals surface area (Å²) in [5.74, 6) is -2.81. The molecule has 39 heavy (non-hydrogen) atoms. The van der Waals surface area contributed by atoms with Gasteiger partial charge in [-0.3, -0.25) is 19.2 Å². The van der Waals surface area contributed by atoms with Gasteiger partial charge < -0.3 is 32.5 Å². The number of primary amides is 1. The van der Waals surface area contributed by atoms with E-state index in [2.05, 4.69) is 16.0 Å². The van der Waals surface area contributed by atoms with Gasteiger partial charge in [-0.15, -0.1) is 0 Å². The van der Waals surface area contributed by atoms with Crippen molar-refractivity contribution in [2.75, 3.05) is 6.54 Å². The molecule has 0 spiro atoms. The smallest absolute Gasteiger partial charge is 0.243 e. The first-order valence-electron chi connectivity index (χ1n) is 12.9. The predicted molar refractivity (Wildman–Crippen MR) is 145 cm³/mol. The molecule has 0 fully saturated rings. The van der Waals surface area contributed by atoms with Crippen LogP contribution in [0, 0.1) is 19.7 Å². The number of benzene rings is 2. The van der Waals surface area contributed by atoms with Crippen LogP contribution in [0.15, 0.2) is 36.4 Å². The van der Waals surface area contributed by atoms with Gasteiger partial charge in [-0.05, 0) is 73.2 Å². The first-order valence-corrected chi connectivity index (χ1v) is 12.9. The van der Waals surface area contributed by atoms with E-state index in [1.165, 1.54) is 24.3 Å². The molecule has 0 aromatic heterocycles. The normalized spacial score (nSPS) is 13.2. The molecule has 0 radical (unpaired) electrons. The van der Waals surface area contributed by atoms with E-state index in [0.29, 0.717) is 18.4 Å². The molecule has 2 aromatic carbocycles. The van der Waals surface area contributed by atoms with Crippen molar-refractivity contribution in [2.45, 2.75) is 71.0 Å². The minimum absolute atomic E-state index is 0.0579. The van der Waals surface area contributed by atoms with Crippen LogP contribution in [0.1, 0.15) is 48.4 Å². The van der Waals surface area contributed by atoms with Gasteiger partial charge in [0, 0.05) is 6.42 Å². The highest BCUT2D eigenvalue weighted by Crippen LogP contribution is 2.22. The number of rotatable bonds is 14. The number of amides is 4. The summed E-state index contributed by atoms with van der Waals surface area (Å²) in [6, 6.07) is 5.72. The van der Waals surface area contributed by atoms with Crippen LogP contribution < -0.4 is 27.4 Å². The van der Waals surface area contributed by atoms with Crippen molar-refractivity contribution in [3.05, 3.63) is 64.5 Å². The summed E-state index contributed by atoms with van der Waals surface area (Å²) in [5.41, 5.74) is 14.6. The maximum absolute atomic E-state index is 13.1. The number of nitrogens with two attached hydrogens (primary N) is 2. The Morgan fingerprint density at radius 3 is 2.13 bits per heavy atom. The molecule has 11 heteroatoms. The van der Waals surface area contributed by atoms with Gasteiger partial charge in [0.1, 0.15) is 23.7 Å². The maximum Gasteiger partial charge on any atom is 0.243 e. The fraction of sp³-hybridized carbons (Fsp3) is 0.429. The number of hydrogen-bond donors (Lipinski definition) is 6. The molecular weight excluding hydrogens is 505 g/mol. The summed E-state index contributed by atoms with van der Waals surface area (Å²) in [4.78, 5) is 50.0. The quantitative estimate of drug-likeness (QED) is 0.207. The lowest BCUT2D eigenvalue weighted by Crippen LogP contribution is -2.54. The molecule has 0 unspecified atom stereocenters. The Morgan fingerprint density at radius 2 is 1.56 bits per heavy atom. The third kappa shape index (κ3) is 10.0. The third-order valence-electron chi connectivity index (χ3n) is 6.38. The van der Waals surface area contributed by atoms with Crippen LogP contribution in [0.25, 0.3) is 0 Å². The number of nitrogens with one attached hydrogen (secondary N) is 3. The molecule has 3 atom stereocenters. The van der Waals surface area contributed by atoms with Crippen molar-refractivity contribution in [2.24, 2.45) is 11.5 Å². The number of phenols is 1. The van der Waals surface area contributed by atoms with Crippen LogP contribution in [0.2, 0.25) is 0 Å². The number of hydrogen-bond acceptors (Lipinski definition) is 6. The minimum Gasteiger partial charge on any atom is -0.508 e. The largest absolute Gasteiger partial charge is 0.508 e. The molecule has 212 valence electrons. The molecule has 4 amide bonds. The van der Waals surface area contributed by atoms with E-state index >= 15 is 0 Å². The second-order valence-electron chi connectivity index (χ2n) is 9.64. The van der Waals surface area contributed by atoms with E-state index in [0.717, 1.165) is 23.1 Å². The van der Waals surface area contributed by atoms with Gasteiger partial charge >= 0.3 is 0 Å². The molecule has 2 rings (SSSR count). The predicted octanol–water partition coefficient (Wildman–Crippen LogP) is 1.02. The maximum atomic E-state index is 13.1. The number of aromatic hydroxyl groups is 1. The van der Waals surface area contributed by atoms with Crippen LogP contribution >= 0.6 is 0 Å². The Bertz CT molecular complexity index is 1150. The van der Waals surface area contributed by atoms with Crippen LogP contribution in [-0.4, -0.2) is 53.4 Å². The topological polar surface area (TPSA) is 177 Å². The zero-order valence-electron chi connectivity index (χ0n) is 22.6. The SMILES string of the molecule is CCCC[C@@H](NC(=O)[C@@H](N)Cc1c(C)cc(O)cc1C)C(=O)NCC(=O)N[C@@H](Cc1ccc(F)cc1)C(N)=O. The second kappa shape index (κ2) is 14.8. The van der Waals surface area contributed by atoms with Crippen LogP contribution in [0.4, 0.5) is 4.39 Å². The number of carbonyl (C=O) groups excluding carboxylic acids is 4. The van der Waals surface area contributed by atoms with Gasteiger partial charge in [0.05, 0.1) is 12.6 Å². The van der Waals surface area contributed by atoms with Crippen molar-refractivity contribution < 1.29 is 28.7 Å². The third-order valence-corrected chi connectivity index (χ3v) is 6.38. The van der Waals surface area contributed by atoms with E-state index in [1.54, 1.807) is 12.1 Å². The Hall–Kier alpha value is -3.99. The average molecular weight is 544 g/mol. The summed E-state index contributed by atoms with van der Waals surface area (Å²) in [5, 5.41) is 17.4. The highest BCUT2D eigenvalue weighted by atomic mass is 19.1. The number of aryl methyl sites for hydroxylation is 2. The van der Waals surface area contributed by atoms with Crippen molar-refractivity contribution in [3.8, 4) is 5.75 Å². The zero-order valence-corrected chi connectivity index (χ0v) is 22.6. The Morgan fingerprint density at radius 1 is 0.949 bits per heavy atom. The van der Waals surface area contributed by atoms with Gasteiger partial charge in [-0.2, -0.15) is 0 Å². The molecule has 0 bridgehead atoms. The molecular formula is C28H38FN5O5. The monoisotopic (exact) mass is 543 g/mol. The fourth-order valence-electron chi connectivity index (χ4n) is 4.18. The number of carbonyl (C=O) groups is 4. The molecule has 0 aliphatic heterocycles. The zero-order chi connectivity index (χ0) is 29.1. The van der Waals surface area contributed by atoms with Crippen molar-refractivity contribution in [1.29, 1.82) is 0 Å². The van der Waals surface area contributed by atoms with E-state index < -0.39 is 54.1 Å². The van der Waals surface area contributed by atoms with Crippen molar-refractivity contribution in [1.82, 2.24) is 16.0 Å². The van der Waals surface area contributed by atoms with Crippen LogP contribution in [-0.2, 0) is 32.0 Å². The Balaban J connectivity index is 1.96. The summed E-state index contributed by atoms with van der Waals surface area (Å²) in [6.07, 6.45) is 2.05. The molecule has 8 N–H and O–H groups in total. The lowest BCUT2D eigenvalue weighted by atomic mass is 9.95. The fourth-order valence-corrected chi connectivity index (χ4v) is 4.18. The summed E-state index contributed by atoms with van der Waals surface area (Å²) < 4.78 is 13.1. The highest BCUT2D eigenvalue weighted by Gasteiger charge is 2.25. The average Bonchev–Trinajstić information content (AvgIpc) is 2.87. The second-order valence-corrected chi connectivity index (χ2v) is 9.64. The molecule has 0 aliphatic carbocycles. The van der Waals surface area contributed by atoms with Crippen molar-refractivity contribution >= 4 is 23.6 Å². The standard InChI is InChI=1S/C28H38FN5O5/c1-4-5-6-23(34-27(38)22(30)14-21-16(2)11-20(35)12-17(21)3)28(39)32-15-25(36)33-24(26(31)37)13-18-7-9-19(29)10-8-18/h7-12,22-24,35H,4-6,13-15,30H2,1-3H3,(H2,31,37)(H,32,39)(H,33,36)(H,34,38)/t22-,23+,24-/m0/s1. The summed E-state index contributed by atoms with van der Waals surface area (Å²) >= 11 is 0. The van der Waals surface area contributed by atoms with Crippen molar-refractivity contribution in [3.63, 3.8) is 0 Å². The van der Waals surface area contributed by atoms with Crippen LogP contribution in [0.5, 0.6) is 5.75 Å². The molecule has 0 heterocycles. The summed E-state index contributed by atoms with van der Waals surface area (Å²) in [6.45, 7) is 5.13. The molecule has 0 aliphatic rings. The molecule has 0 saturated carbocycles. The van der Waals surface area contributed by atoms with E-state index in [4.69, 9.17) is 11.5 Å². The first kappa shape index (κ1) is 31.2. The minimum atomic E-state index is -1.06. The van der Waals surface area contributed by atoms with Gasteiger partial charge in [0.25, 0.3) is 0 Å². The Labute approximate surface area is 227 Å². The van der Waals surface area contributed by atoms with E-state index in [9.17, 15) is 28.7 Å². The lowest BCUT2D eigenvalue weighted by molar-refractivity contribution is -0.131. The summed E-state index contributed by atoms with van der Waals surface area (Å²) in [7, 11) is 0. The molecule has 10 nitrogen and oxygen atoms in total. The first-order chi connectivity index (χ1) is 18.4. The van der Waals surface area contributed by atoms with Gasteiger partial charge in [0.15, 0.2) is 0 Å². The van der Waals surface area contributed by atoms with E-state index in [1.807, 2.05) is 20.8 Å². The lowest BCUT2D eigenvalue weighted by Gasteiger charge is -2.22. The van der Waals surface area contributed by atoms with Gasteiger partial charge in [-0.25, -0.2) is 4.39 Å². The van der Waals surface area contributed by atoms with Gasteiger partial charge in [0.2, 0.25) is 23.6 Å². The Kier molecular flexibility index (Phi) is 11.9.